The van der Waals surface area contributed by atoms with Crippen molar-refractivity contribution in [1.29, 1.82) is 0 Å². The number of thiophene rings is 1. The Labute approximate surface area is 157 Å². The Morgan fingerprint density at radius 1 is 1.16 bits per heavy atom. The standard InChI is InChI=1S/C17H16BrN3O3S/c18-16-7-5-13(25-16)6-8-17(22)20-11-9-19(10-12-20)14-3-1-2-4-15(14)21(23)24/h1-8H,9-12H2/b8-6+. The van der Waals surface area contributed by atoms with Crippen LogP contribution in [-0.4, -0.2) is 41.9 Å². The van der Waals surface area contributed by atoms with E-state index >= 15 is 0 Å². The summed E-state index contributed by atoms with van der Waals surface area (Å²) in [6.45, 7) is 2.25. The van der Waals surface area contributed by atoms with E-state index < -0.39 is 0 Å². The third-order valence-electron chi connectivity index (χ3n) is 3.99. The van der Waals surface area contributed by atoms with E-state index in [0.717, 1.165) is 8.66 Å². The normalized spacial score (nSPS) is 14.9. The summed E-state index contributed by atoms with van der Waals surface area (Å²) in [5, 5.41) is 11.2. The second kappa shape index (κ2) is 7.79. The van der Waals surface area contributed by atoms with Gasteiger partial charge < -0.3 is 9.80 Å². The SMILES string of the molecule is O=C(/C=C/c1ccc(Br)s1)N1CCN(c2ccccc2[N+](=O)[O-])CC1. The van der Waals surface area contributed by atoms with Gasteiger partial charge in [-0.3, -0.25) is 14.9 Å². The molecule has 0 saturated carbocycles. The summed E-state index contributed by atoms with van der Waals surface area (Å²) >= 11 is 4.96. The van der Waals surface area contributed by atoms with Crippen molar-refractivity contribution >= 4 is 50.6 Å². The zero-order chi connectivity index (χ0) is 17.8. The first-order chi connectivity index (χ1) is 12.0. The highest BCUT2D eigenvalue weighted by Crippen LogP contribution is 2.28. The first-order valence-corrected chi connectivity index (χ1v) is 9.36. The third kappa shape index (κ3) is 4.26. The number of nitrogens with zero attached hydrogens (tertiary/aromatic N) is 3. The number of nitro benzene ring substituents is 1. The molecule has 8 heteroatoms. The summed E-state index contributed by atoms with van der Waals surface area (Å²) in [4.78, 5) is 27.8. The minimum atomic E-state index is -0.366. The lowest BCUT2D eigenvalue weighted by molar-refractivity contribution is -0.384. The Kier molecular flexibility index (Phi) is 5.50. The van der Waals surface area contributed by atoms with Crippen molar-refractivity contribution in [1.82, 2.24) is 4.90 Å². The van der Waals surface area contributed by atoms with Gasteiger partial charge in [0.15, 0.2) is 0 Å². The quantitative estimate of drug-likeness (QED) is 0.427. The van der Waals surface area contributed by atoms with Crippen LogP contribution in [0.5, 0.6) is 0 Å². The van der Waals surface area contributed by atoms with Crippen molar-refractivity contribution in [2.24, 2.45) is 0 Å². The number of rotatable bonds is 4. The lowest BCUT2D eigenvalue weighted by atomic mass is 10.2. The molecule has 25 heavy (non-hydrogen) atoms. The summed E-state index contributed by atoms with van der Waals surface area (Å²) in [5.74, 6) is -0.0354. The number of amides is 1. The van der Waals surface area contributed by atoms with Crippen LogP contribution in [-0.2, 0) is 4.79 Å². The lowest BCUT2D eigenvalue weighted by Crippen LogP contribution is -2.48. The van der Waals surface area contributed by atoms with E-state index in [-0.39, 0.29) is 16.5 Å². The fourth-order valence-electron chi connectivity index (χ4n) is 2.73. The van der Waals surface area contributed by atoms with Gasteiger partial charge in [0.05, 0.1) is 8.71 Å². The molecule has 0 unspecified atom stereocenters. The van der Waals surface area contributed by atoms with E-state index in [4.69, 9.17) is 0 Å². The van der Waals surface area contributed by atoms with Crippen LogP contribution >= 0.6 is 27.3 Å². The molecule has 1 fully saturated rings. The van der Waals surface area contributed by atoms with E-state index in [9.17, 15) is 14.9 Å². The Balaban J connectivity index is 1.61. The lowest BCUT2D eigenvalue weighted by Gasteiger charge is -2.35. The van der Waals surface area contributed by atoms with Gasteiger partial charge in [-0.1, -0.05) is 12.1 Å². The zero-order valence-electron chi connectivity index (χ0n) is 13.3. The predicted octanol–water partition coefficient (Wildman–Crippen LogP) is 3.78. The maximum absolute atomic E-state index is 12.3. The molecule has 1 aliphatic heterocycles. The molecule has 1 aliphatic rings. The maximum atomic E-state index is 12.3. The first-order valence-electron chi connectivity index (χ1n) is 7.75. The van der Waals surface area contributed by atoms with Crippen LogP contribution in [0.2, 0.25) is 0 Å². The number of hydrogen-bond acceptors (Lipinski definition) is 5. The highest BCUT2D eigenvalue weighted by Gasteiger charge is 2.24. The Hall–Kier alpha value is -2.19. The zero-order valence-corrected chi connectivity index (χ0v) is 15.7. The topological polar surface area (TPSA) is 66.7 Å². The van der Waals surface area contributed by atoms with Gasteiger partial charge in [0, 0.05) is 43.2 Å². The maximum Gasteiger partial charge on any atom is 0.292 e. The number of carbonyl (C=O) groups is 1. The fraction of sp³-hybridized carbons (Fsp3) is 0.235. The molecule has 2 heterocycles. The molecule has 6 nitrogen and oxygen atoms in total. The highest BCUT2D eigenvalue weighted by molar-refractivity contribution is 9.11. The number of nitro groups is 1. The van der Waals surface area contributed by atoms with Crippen molar-refractivity contribution in [2.75, 3.05) is 31.1 Å². The largest absolute Gasteiger partial charge is 0.362 e. The molecular formula is C17H16BrN3O3S. The van der Waals surface area contributed by atoms with Crippen LogP contribution in [0.4, 0.5) is 11.4 Å². The smallest absolute Gasteiger partial charge is 0.292 e. The molecule has 1 amide bonds. The molecule has 1 saturated heterocycles. The summed E-state index contributed by atoms with van der Waals surface area (Å²) in [6.07, 6.45) is 3.39. The molecule has 0 radical (unpaired) electrons. The number of halogens is 1. The van der Waals surface area contributed by atoms with Gasteiger partial charge in [0.1, 0.15) is 5.69 Å². The average Bonchev–Trinajstić information content (AvgIpc) is 3.05. The van der Waals surface area contributed by atoms with Crippen molar-refractivity contribution in [3.63, 3.8) is 0 Å². The van der Waals surface area contributed by atoms with Crippen LogP contribution in [0, 0.1) is 10.1 Å². The minimum absolute atomic E-state index is 0.0354. The molecule has 0 atom stereocenters. The van der Waals surface area contributed by atoms with Crippen molar-refractivity contribution in [3.8, 4) is 0 Å². The summed E-state index contributed by atoms with van der Waals surface area (Å²) in [6, 6.07) is 10.6. The number of piperazine rings is 1. The number of benzene rings is 1. The van der Waals surface area contributed by atoms with Crippen molar-refractivity contribution in [3.05, 3.63) is 61.3 Å². The summed E-state index contributed by atoms with van der Waals surface area (Å²) in [5.41, 5.74) is 0.712. The van der Waals surface area contributed by atoms with Gasteiger partial charge in [0.2, 0.25) is 5.91 Å². The third-order valence-corrected chi connectivity index (χ3v) is 5.58. The second-order valence-electron chi connectivity index (χ2n) is 5.53. The van der Waals surface area contributed by atoms with E-state index in [1.807, 2.05) is 23.1 Å². The van der Waals surface area contributed by atoms with Crippen LogP contribution in [0.3, 0.4) is 0 Å². The fourth-order valence-corrected chi connectivity index (χ4v) is 4.06. The molecule has 1 aromatic carbocycles. The molecule has 3 rings (SSSR count). The van der Waals surface area contributed by atoms with Gasteiger partial charge >= 0.3 is 0 Å². The van der Waals surface area contributed by atoms with Crippen molar-refractivity contribution < 1.29 is 9.72 Å². The molecule has 2 aromatic rings. The van der Waals surface area contributed by atoms with Crippen LogP contribution in [0.1, 0.15) is 4.88 Å². The molecule has 0 spiro atoms. The monoisotopic (exact) mass is 421 g/mol. The van der Waals surface area contributed by atoms with E-state index in [1.54, 1.807) is 40.5 Å². The number of hydrogen-bond donors (Lipinski definition) is 0. The Morgan fingerprint density at radius 3 is 2.52 bits per heavy atom. The molecule has 0 N–H and O–H groups in total. The van der Waals surface area contributed by atoms with Gasteiger partial charge in [-0.05, 0) is 40.2 Å². The first kappa shape index (κ1) is 17.6. The minimum Gasteiger partial charge on any atom is -0.362 e. The summed E-state index contributed by atoms with van der Waals surface area (Å²) in [7, 11) is 0. The van der Waals surface area contributed by atoms with Gasteiger partial charge in [0.25, 0.3) is 5.69 Å². The van der Waals surface area contributed by atoms with Crippen LogP contribution in [0.15, 0.2) is 46.3 Å². The van der Waals surface area contributed by atoms with Crippen molar-refractivity contribution in [2.45, 2.75) is 0 Å². The van der Waals surface area contributed by atoms with Gasteiger partial charge in [-0.15, -0.1) is 11.3 Å². The van der Waals surface area contributed by atoms with Gasteiger partial charge in [-0.25, -0.2) is 0 Å². The number of anilines is 1. The predicted molar refractivity (Wildman–Crippen MR) is 103 cm³/mol. The second-order valence-corrected chi connectivity index (χ2v) is 8.03. The van der Waals surface area contributed by atoms with Gasteiger partial charge in [-0.2, -0.15) is 0 Å². The molecule has 130 valence electrons. The molecule has 0 aliphatic carbocycles. The van der Waals surface area contributed by atoms with E-state index in [1.165, 1.54) is 6.07 Å². The Morgan fingerprint density at radius 2 is 1.88 bits per heavy atom. The molecule has 1 aromatic heterocycles. The van der Waals surface area contributed by atoms with E-state index in [2.05, 4.69) is 15.9 Å². The summed E-state index contributed by atoms with van der Waals surface area (Å²) < 4.78 is 1.03. The van der Waals surface area contributed by atoms with Crippen LogP contribution in [0.25, 0.3) is 6.08 Å². The van der Waals surface area contributed by atoms with E-state index in [0.29, 0.717) is 31.9 Å². The molecule has 0 bridgehead atoms. The number of carbonyl (C=O) groups excluding carboxylic acids is 1. The number of para-hydroxylation sites is 2. The van der Waals surface area contributed by atoms with Crippen LogP contribution < -0.4 is 4.90 Å². The molecular weight excluding hydrogens is 406 g/mol. The average molecular weight is 422 g/mol. The highest BCUT2D eigenvalue weighted by atomic mass is 79.9. The Bertz CT molecular complexity index is 813.